The number of likely N-dealkylation sites (tertiary alicyclic amines) is 1. The first-order valence-corrected chi connectivity index (χ1v) is 7.14. The maximum atomic E-state index is 12.8. The van der Waals surface area contributed by atoms with Gasteiger partial charge in [-0.25, -0.2) is 0 Å². The normalized spacial score (nSPS) is 18.0. The number of quaternary nitrogens is 1. The van der Waals surface area contributed by atoms with Gasteiger partial charge in [-0.3, -0.25) is 4.79 Å². The minimum atomic E-state index is 0.0698. The second kappa shape index (κ2) is 4.82. The van der Waals surface area contributed by atoms with Crippen LogP contribution in [0.4, 0.5) is 0 Å². The summed E-state index contributed by atoms with van der Waals surface area (Å²) in [6.07, 6.45) is 2.50. The van der Waals surface area contributed by atoms with E-state index in [2.05, 4.69) is 11.9 Å². The molecule has 0 spiro atoms. The molecule has 2 heterocycles. The van der Waals surface area contributed by atoms with Crippen LogP contribution in [-0.4, -0.2) is 29.9 Å². The molecule has 0 saturated carbocycles. The van der Waals surface area contributed by atoms with Crippen molar-refractivity contribution in [3.05, 3.63) is 35.5 Å². The Morgan fingerprint density at radius 3 is 2.68 bits per heavy atom. The Bertz CT molecular complexity index is 608. The van der Waals surface area contributed by atoms with Gasteiger partial charge in [0.25, 0.3) is 0 Å². The predicted molar refractivity (Wildman–Crippen MR) is 76.8 cm³/mol. The van der Waals surface area contributed by atoms with Gasteiger partial charge in [-0.1, -0.05) is 18.2 Å². The van der Waals surface area contributed by atoms with E-state index in [1.54, 1.807) is 0 Å². The lowest BCUT2D eigenvalue weighted by atomic mass is 10.0. The van der Waals surface area contributed by atoms with Crippen molar-refractivity contribution in [3.8, 4) is 0 Å². The summed E-state index contributed by atoms with van der Waals surface area (Å²) in [6.45, 7) is 6.34. The summed E-state index contributed by atoms with van der Waals surface area (Å²) in [5.74, 6) is 0.284. The van der Waals surface area contributed by atoms with E-state index in [0.29, 0.717) is 0 Å². The van der Waals surface area contributed by atoms with Gasteiger partial charge in [0.05, 0.1) is 18.7 Å². The number of benzene rings is 1. The van der Waals surface area contributed by atoms with Crippen molar-refractivity contribution in [2.45, 2.75) is 32.7 Å². The molecule has 1 atom stereocenters. The third-order valence-electron chi connectivity index (χ3n) is 4.39. The molecule has 0 bridgehead atoms. The molecule has 100 valence electrons. The molecule has 1 saturated heterocycles. The van der Waals surface area contributed by atoms with E-state index in [-0.39, 0.29) is 11.8 Å². The zero-order chi connectivity index (χ0) is 13.4. The Hall–Kier alpha value is -1.61. The predicted octanol–water partition coefficient (Wildman–Crippen LogP) is 1.73. The van der Waals surface area contributed by atoms with Crippen molar-refractivity contribution in [2.24, 2.45) is 0 Å². The van der Waals surface area contributed by atoms with Gasteiger partial charge < -0.3 is 9.88 Å². The Morgan fingerprint density at radius 2 is 1.95 bits per heavy atom. The second-order valence-electron chi connectivity index (χ2n) is 5.62. The van der Waals surface area contributed by atoms with Crippen molar-refractivity contribution in [2.75, 3.05) is 13.1 Å². The number of ketones is 1. The van der Waals surface area contributed by atoms with Gasteiger partial charge in [0.1, 0.15) is 6.04 Å². The van der Waals surface area contributed by atoms with Crippen molar-refractivity contribution in [1.29, 1.82) is 0 Å². The summed E-state index contributed by atoms with van der Waals surface area (Å²) in [5.41, 5.74) is 2.95. The highest BCUT2D eigenvalue weighted by Gasteiger charge is 2.30. The van der Waals surface area contributed by atoms with Crippen LogP contribution in [0.5, 0.6) is 0 Å². The number of fused-ring (bicyclic) bond motifs is 1. The molecule has 1 aliphatic heterocycles. The quantitative estimate of drug-likeness (QED) is 0.807. The monoisotopic (exact) mass is 257 g/mol. The molecular formula is C16H21N2O+. The average molecular weight is 257 g/mol. The fourth-order valence-corrected chi connectivity index (χ4v) is 3.26. The molecule has 1 aliphatic rings. The molecule has 0 unspecified atom stereocenters. The molecule has 0 radical (unpaired) electrons. The lowest BCUT2D eigenvalue weighted by Gasteiger charge is -2.19. The molecule has 3 rings (SSSR count). The molecule has 2 N–H and O–H groups in total. The number of aryl methyl sites for hydroxylation is 1. The van der Waals surface area contributed by atoms with Gasteiger partial charge in [-0.05, 0) is 19.9 Å². The Morgan fingerprint density at radius 1 is 1.26 bits per heavy atom. The summed E-state index contributed by atoms with van der Waals surface area (Å²) < 4.78 is 0. The summed E-state index contributed by atoms with van der Waals surface area (Å²) in [4.78, 5) is 17.5. The third kappa shape index (κ3) is 2.08. The van der Waals surface area contributed by atoms with E-state index in [4.69, 9.17) is 0 Å². The standard InChI is InChI=1S/C16H20N2O/c1-11-15(13-7-3-4-8-14(13)17-11)16(19)12(2)18-9-5-6-10-18/h3-4,7-8,12,17H,5-6,9-10H2,1-2H3/p+1/t12-/m0/s1. The van der Waals surface area contributed by atoms with E-state index in [1.165, 1.54) is 17.7 Å². The first kappa shape index (κ1) is 12.4. The number of hydrogen-bond donors (Lipinski definition) is 2. The number of carbonyl (C=O) groups is 1. The highest BCUT2D eigenvalue weighted by atomic mass is 16.1. The fraction of sp³-hybridized carbons (Fsp3) is 0.438. The minimum absolute atomic E-state index is 0.0698. The molecule has 19 heavy (non-hydrogen) atoms. The smallest absolute Gasteiger partial charge is 0.222 e. The summed E-state index contributed by atoms with van der Waals surface area (Å²) in [6, 6.07) is 8.15. The van der Waals surface area contributed by atoms with Crippen LogP contribution in [0.25, 0.3) is 10.9 Å². The summed E-state index contributed by atoms with van der Waals surface area (Å²) in [7, 11) is 0. The molecule has 3 nitrogen and oxygen atoms in total. The van der Waals surface area contributed by atoms with Crippen molar-refractivity contribution in [1.82, 2.24) is 4.98 Å². The van der Waals surface area contributed by atoms with Crippen LogP contribution in [0.2, 0.25) is 0 Å². The maximum absolute atomic E-state index is 12.8. The van der Waals surface area contributed by atoms with Crippen LogP contribution in [0.15, 0.2) is 24.3 Å². The van der Waals surface area contributed by atoms with E-state index in [0.717, 1.165) is 35.2 Å². The SMILES string of the molecule is Cc1[nH]c2ccccc2c1C(=O)[C@H](C)[NH+]1CCCC1. The van der Waals surface area contributed by atoms with Gasteiger partial charge in [-0.15, -0.1) is 0 Å². The number of aromatic nitrogens is 1. The van der Waals surface area contributed by atoms with Crippen LogP contribution < -0.4 is 4.90 Å². The topological polar surface area (TPSA) is 37.3 Å². The Kier molecular flexibility index (Phi) is 3.15. The van der Waals surface area contributed by atoms with Crippen molar-refractivity contribution >= 4 is 16.7 Å². The van der Waals surface area contributed by atoms with Crippen LogP contribution in [0.3, 0.4) is 0 Å². The number of Topliss-reactive ketones (excluding diaryl/α,β-unsaturated/α-hetero) is 1. The fourth-order valence-electron chi connectivity index (χ4n) is 3.26. The largest absolute Gasteiger partial charge is 0.358 e. The highest BCUT2D eigenvalue weighted by molar-refractivity contribution is 6.10. The van der Waals surface area contributed by atoms with Crippen molar-refractivity contribution in [3.63, 3.8) is 0 Å². The number of rotatable bonds is 3. The van der Waals surface area contributed by atoms with Gasteiger partial charge in [0.2, 0.25) is 5.78 Å². The number of aromatic amines is 1. The van der Waals surface area contributed by atoms with Crippen LogP contribution >= 0.6 is 0 Å². The van der Waals surface area contributed by atoms with Crippen LogP contribution in [0.1, 0.15) is 35.8 Å². The molecule has 2 aromatic rings. The highest BCUT2D eigenvalue weighted by Crippen LogP contribution is 2.22. The van der Waals surface area contributed by atoms with E-state index >= 15 is 0 Å². The Balaban J connectivity index is 1.99. The van der Waals surface area contributed by atoms with Crippen LogP contribution in [0, 0.1) is 6.92 Å². The van der Waals surface area contributed by atoms with E-state index in [1.807, 2.05) is 31.2 Å². The molecule has 0 aliphatic carbocycles. The lowest BCUT2D eigenvalue weighted by Crippen LogP contribution is -3.14. The van der Waals surface area contributed by atoms with Crippen LogP contribution in [-0.2, 0) is 0 Å². The zero-order valence-electron chi connectivity index (χ0n) is 11.6. The number of carbonyl (C=O) groups excluding carboxylic acids is 1. The van der Waals surface area contributed by atoms with Gasteiger partial charge in [0.15, 0.2) is 0 Å². The van der Waals surface area contributed by atoms with Gasteiger partial charge in [0, 0.05) is 29.4 Å². The molecule has 1 aromatic heterocycles. The molecule has 1 aromatic carbocycles. The first-order valence-electron chi connectivity index (χ1n) is 7.14. The maximum Gasteiger partial charge on any atom is 0.222 e. The number of para-hydroxylation sites is 1. The van der Waals surface area contributed by atoms with E-state index in [9.17, 15) is 4.79 Å². The number of hydrogen-bond acceptors (Lipinski definition) is 1. The summed E-state index contributed by atoms with van der Waals surface area (Å²) in [5, 5.41) is 1.07. The second-order valence-corrected chi connectivity index (χ2v) is 5.62. The minimum Gasteiger partial charge on any atom is -0.358 e. The molecular weight excluding hydrogens is 236 g/mol. The number of H-pyrrole nitrogens is 1. The number of nitrogens with one attached hydrogen (secondary N) is 2. The molecule has 1 fully saturated rings. The third-order valence-corrected chi connectivity index (χ3v) is 4.39. The lowest BCUT2D eigenvalue weighted by molar-refractivity contribution is -0.901. The Labute approximate surface area is 113 Å². The van der Waals surface area contributed by atoms with E-state index < -0.39 is 0 Å². The summed E-state index contributed by atoms with van der Waals surface area (Å²) >= 11 is 0. The van der Waals surface area contributed by atoms with Gasteiger partial charge in [-0.2, -0.15) is 0 Å². The first-order chi connectivity index (χ1) is 9.18. The molecule has 0 amide bonds. The zero-order valence-corrected chi connectivity index (χ0v) is 11.6. The van der Waals surface area contributed by atoms with Crippen molar-refractivity contribution < 1.29 is 9.69 Å². The van der Waals surface area contributed by atoms with Gasteiger partial charge >= 0.3 is 0 Å². The molecule has 3 heteroatoms. The average Bonchev–Trinajstić information content (AvgIpc) is 3.03.